The second-order valence-corrected chi connectivity index (χ2v) is 6.85. The van der Waals surface area contributed by atoms with Crippen LogP contribution in [0.2, 0.25) is 0 Å². The van der Waals surface area contributed by atoms with Crippen molar-refractivity contribution in [3.63, 3.8) is 0 Å². The van der Waals surface area contributed by atoms with Gasteiger partial charge in [0.05, 0.1) is 0 Å². The van der Waals surface area contributed by atoms with Crippen molar-refractivity contribution in [3.8, 4) is 0 Å². The van der Waals surface area contributed by atoms with Crippen LogP contribution >= 0.6 is 0 Å². The molecule has 1 aliphatic heterocycles. The van der Waals surface area contributed by atoms with Crippen LogP contribution in [-0.4, -0.2) is 5.91 Å². The third-order valence-corrected chi connectivity index (χ3v) is 5.04. The number of hydrogen-bond acceptors (Lipinski definition) is 3. The van der Waals surface area contributed by atoms with E-state index in [4.69, 9.17) is 4.42 Å². The molecule has 25 heavy (non-hydrogen) atoms. The van der Waals surface area contributed by atoms with Crippen LogP contribution in [0.4, 0.5) is 0 Å². The number of carbonyl (C=O) groups excluding carboxylic acids is 1. The number of rotatable bonds is 3. The summed E-state index contributed by atoms with van der Waals surface area (Å²) in [6, 6.07) is 10.5. The molecular formula is C21H22N2O2. The molecule has 0 saturated heterocycles. The van der Waals surface area contributed by atoms with E-state index < -0.39 is 0 Å². The van der Waals surface area contributed by atoms with E-state index in [-0.39, 0.29) is 5.91 Å². The zero-order chi connectivity index (χ0) is 17.6. The summed E-state index contributed by atoms with van der Waals surface area (Å²) in [5.74, 6) is 0.251. The zero-order valence-electron chi connectivity index (χ0n) is 14.8. The third-order valence-electron chi connectivity index (χ3n) is 5.04. The molecule has 2 aromatic carbocycles. The van der Waals surface area contributed by atoms with Gasteiger partial charge in [-0.2, -0.15) is 0 Å². The van der Waals surface area contributed by atoms with Crippen LogP contribution in [0, 0.1) is 20.8 Å². The van der Waals surface area contributed by atoms with E-state index >= 15 is 0 Å². The Morgan fingerprint density at radius 2 is 1.84 bits per heavy atom. The van der Waals surface area contributed by atoms with Gasteiger partial charge in [0.2, 0.25) is 0 Å². The number of furan rings is 1. The van der Waals surface area contributed by atoms with E-state index in [2.05, 4.69) is 34.9 Å². The largest absolute Gasteiger partial charge is 0.450 e. The molecule has 4 rings (SSSR count). The van der Waals surface area contributed by atoms with Gasteiger partial charge in [-0.1, -0.05) is 30.3 Å². The highest BCUT2D eigenvalue weighted by molar-refractivity contribution is 6.00. The monoisotopic (exact) mass is 334 g/mol. The lowest BCUT2D eigenvalue weighted by atomic mass is 10.0. The van der Waals surface area contributed by atoms with Crippen molar-refractivity contribution in [3.05, 3.63) is 69.5 Å². The lowest BCUT2D eigenvalue weighted by Crippen LogP contribution is -2.23. The smallest absolute Gasteiger partial charge is 0.287 e. The Balaban J connectivity index is 1.57. The molecular weight excluding hydrogens is 312 g/mol. The maximum Gasteiger partial charge on any atom is 0.287 e. The Morgan fingerprint density at radius 1 is 1.08 bits per heavy atom. The van der Waals surface area contributed by atoms with Crippen LogP contribution in [0.3, 0.4) is 0 Å². The van der Waals surface area contributed by atoms with Crippen LogP contribution in [0.15, 0.2) is 34.7 Å². The van der Waals surface area contributed by atoms with Crippen molar-refractivity contribution in [2.45, 2.75) is 40.4 Å². The highest BCUT2D eigenvalue weighted by Crippen LogP contribution is 2.30. The van der Waals surface area contributed by atoms with Crippen molar-refractivity contribution in [1.29, 1.82) is 0 Å². The van der Waals surface area contributed by atoms with E-state index in [1.54, 1.807) is 0 Å². The molecule has 0 atom stereocenters. The molecule has 1 amide bonds. The van der Waals surface area contributed by atoms with E-state index in [0.717, 1.165) is 46.3 Å². The highest BCUT2D eigenvalue weighted by atomic mass is 16.3. The van der Waals surface area contributed by atoms with Crippen molar-refractivity contribution in [2.24, 2.45) is 0 Å². The average molecular weight is 334 g/mol. The number of benzene rings is 2. The van der Waals surface area contributed by atoms with Gasteiger partial charge in [0.15, 0.2) is 5.76 Å². The summed E-state index contributed by atoms with van der Waals surface area (Å²) in [5.41, 5.74) is 7.67. The summed E-state index contributed by atoms with van der Waals surface area (Å²) in [5, 5.41) is 7.38. The minimum Gasteiger partial charge on any atom is -0.450 e. The van der Waals surface area contributed by atoms with Crippen molar-refractivity contribution < 1.29 is 9.21 Å². The number of hydrogen-bond donors (Lipinski definition) is 2. The van der Waals surface area contributed by atoms with Gasteiger partial charge < -0.3 is 15.1 Å². The molecule has 1 aromatic heterocycles. The van der Waals surface area contributed by atoms with Crippen molar-refractivity contribution >= 4 is 16.9 Å². The maximum atomic E-state index is 12.6. The molecule has 0 aliphatic carbocycles. The number of amides is 1. The molecule has 0 unspecified atom stereocenters. The average Bonchev–Trinajstić information content (AvgIpc) is 3.20. The lowest BCUT2D eigenvalue weighted by Gasteiger charge is -2.06. The Kier molecular flexibility index (Phi) is 3.85. The molecule has 0 bridgehead atoms. The molecule has 0 fully saturated rings. The predicted molar refractivity (Wildman–Crippen MR) is 98.6 cm³/mol. The SMILES string of the molecule is Cc1ccc(C)c2c(C)c(C(=O)NCc3ccc4c(c3)CNC4)oc12. The summed E-state index contributed by atoms with van der Waals surface area (Å²) >= 11 is 0. The van der Waals surface area contributed by atoms with Crippen molar-refractivity contribution in [2.75, 3.05) is 0 Å². The second-order valence-electron chi connectivity index (χ2n) is 6.85. The van der Waals surface area contributed by atoms with Crippen LogP contribution in [-0.2, 0) is 19.6 Å². The van der Waals surface area contributed by atoms with Crippen LogP contribution < -0.4 is 10.6 Å². The molecule has 4 heteroatoms. The Labute approximate surface area is 147 Å². The molecule has 128 valence electrons. The van der Waals surface area contributed by atoms with Gasteiger partial charge in [0, 0.05) is 30.6 Å². The minimum atomic E-state index is -0.161. The van der Waals surface area contributed by atoms with Gasteiger partial charge in [0.1, 0.15) is 5.58 Å². The van der Waals surface area contributed by atoms with E-state index in [1.165, 1.54) is 11.1 Å². The minimum absolute atomic E-state index is 0.161. The quantitative estimate of drug-likeness (QED) is 0.764. The number of nitrogens with one attached hydrogen (secondary N) is 2. The van der Waals surface area contributed by atoms with E-state index in [0.29, 0.717) is 12.3 Å². The van der Waals surface area contributed by atoms with Gasteiger partial charge in [-0.3, -0.25) is 4.79 Å². The molecule has 3 aromatic rings. The summed E-state index contributed by atoms with van der Waals surface area (Å²) in [6.45, 7) is 8.33. The highest BCUT2D eigenvalue weighted by Gasteiger charge is 2.20. The van der Waals surface area contributed by atoms with Crippen LogP contribution in [0.5, 0.6) is 0 Å². The fourth-order valence-electron chi connectivity index (χ4n) is 3.61. The fourth-order valence-corrected chi connectivity index (χ4v) is 3.61. The number of aryl methyl sites for hydroxylation is 3. The van der Waals surface area contributed by atoms with Crippen LogP contribution in [0.25, 0.3) is 11.0 Å². The standard InChI is InChI=1S/C21H22N2O2/c1-12-4-5-13(2)19-18(12)14(3)20(25-19)21(24)23-9-15-6-7-16-10-22-11-17(16)8-15/h4-8,22H,9-11H2,1-3H3,(H,23,24). The van der Waals surface area contributed by atoms with Gasteiger partial charge in [0.25, 0.3) is 5.91 Å². The number of fused-ring (bicyclic) bond motifs is 2. The van der Waals surface area contributed by atoms with Gasteiger partial charge in [-0.05, 0) is 48.6 Å². The predicted octanol–water partition coefficient (Wildman–Crippen LogP) is 3.89. The molecule has 2 heterocycles. The Morgan fingerprint density at radius 3 is 2.64 bits per heavy atom. The summed E-state index contributed by atoms with van der Waals surface area (Å²) in [4.78, 5) is 12.6. The summed E-state index contributed by atoms with van der Waals surface area (Å²) in [7, 11) is 0. The van der Waals surface area contributed by atoms with Gasteiger partial charge in [-0.15, -0.1) is 0 Å². The zero-order valence-corrected chi connectivity index (χ0v) is 14.8. The van der Waals surface area contributed by atoms with E-state index in [1.807, 2.05) is 26.8 Å². The lowest BCUT2D eigenvalue weighted by molar-refractivity contribution is 0.0924. The van der Waals surface area contributed by atoms with Gasteiger partial charge in [-0.25, -0.2) is 0 Å². The first-order valence-corrected chi connectivity index (χ1v) is 8.63. The molecule has 0 spiro atoms. The fraction of sp³-hybridized carbons (Fsp3) is 0.286. The molecule has 2 N–H and O–H groups in total. The maximum absolute atomic E-state index is 12.6. The topological polar surface area (TPSA) is 54.3 Å². The second kappa shape index (κ2) is 6.05. The van der Waals surface area contributed by atoms with Crippen molar-refractivity contribution in [1.82, 2.24) is 10.6 Å². The third kappa shape index (κ3) is 2.72. The molecule has 1 aliphatic rings. The Bertz CT molecular complexity index is 985. The van der Waals surface area contributed by atoms with Gasteiger partial charge >= 0.3 is 0 Å². The first-order chi connectivity index (χ1) is 12.0. The summed E-state index contributed by atoms with van der Waals surface area (Å²) in [6.07, 6.45) is 0. The first kappa shape index (κ1) is 15.9. The Hall–Kier alpha value is -2.59. The molecule has 4 nitrogen and oxygen atoms in total. The number of carbonyl (C=O) groups is 1. The summed E-state index contributed by atoms with van der Waals surface area (Å²) < 4.78 is 5.91. The molecule has 0 saturated carbocycles. The van der Waals surface area contributed by atoms with Crippen LogP contribution in [0.1, 0.15) is 43.9 Å². The van der Waals surface area contributed by atoms with E-state index in [9.17, 15) is 4.79 Å². The first-order valence-electron chi connectivity index (χ1n) is 8.63. The normalized spacial score (nSPS) is 13.2. The molecule has 0 radical (unpaired) electrons.